The summed E-state index contributed by atoms with van der Waals surface area (Å²) in [5.74, 6) is 0.841. The Morgan fingerprint density at radius 2 is 1.79 bits per heavy atom. The van der Waals surface area contributed by atoms with Crippen molar-refractivity contribution in [2.24, 2.45) is 0 Å². The predicted octanol–water partition coefficient (Wildman–Crippen LogP) is 4.85. The summed E-state index contributed by atoms with van der Waals surface area (Å²) in [5.41, 5.74) is 6.96. The van der Waals surface area contributed by atoms with E-state index in [-0.39, 0.29) is 0 Å². The molecule has 0 radical (unpaired) electrons. The molecular weight excluding hydrogens is 370 g/mol. The van der Waals surface area contributed by atoms with Gasteiger partial charge >= 0.3 is 0 Å². The molecule has 1 aliphatic heterocycles. The first-order valence-electron chi connectivity index (χ1n) is 9.01. The quantitative estimate of drug-likeness (QED) is 0.694. The van der Waals surface area contributed by atoms with Crippen molar-refractivity contribution in [1.82, 2.24) is 0 Å². The molecule has 28 heavy (non-hydrogen) atoms. The molecule has 4 nitrogen and oxygen atoms in total. The number of aryl methyl sites for hydroxylation is 1. The van der Waals surface area contributed by atoms with Crippen LogP contribution in [0.4, 0.5) is 5.69 Å². The maximum Gasteiger partial charge on any atom is 0.229 e. The van der Waals surface area contributed by atoms with Crippen molar-refractivity contribution >= 4 is 27.4 Å². The monoisotopic (exact) mass is 391 g/mol. The fourth-order valence-electron chi connectivity index (χ4n) is 3.41. The number of fused-ring (bicyclic) bond motifs is 2. The lowest BCUT2D eigenvalue weighted by Gasteiger charge is -2.12. The molecule has 0 aromatic heterocycles. The van der Waals surface area contributed by atoms with Gasteiger partial charge in [-0.1, -0.05) is 54.1 Å². The van der Waals surface area contributed by atoms with E-state index >= 15 is 0 Å². The van der Waals surface area contributed by atoms with Crippen LogP contribution >= 0.6 is 0 Å². The average molecular weight is 391 g/mol. The van der Waals surface area contributed by atoms with Crippen LogP contribution in [0.25, 0.3) is 11.6 Å². The minimum absolute atomic E-state index is 0.514. The summed E-state index contributed by atoms with van der Waals surface area (Å²) in [6.07, 6.45) is 3.23. The molecular formula is C23H21NO3S. The smallest absolute Gasteiger partial charge is 0.229 e. The highest BCUT2D eigenvalue weighted by Gasteiger charge is 2.19. The molecule has 0 saturated heterocycles. The largest absolute Gasteiger partial charge is 0.488 e. The SMILES string of the molecule is Cc1ccc2c(c1)/C(=C/c1cccc(NS(C)(=O)=O)c1)c1ccccc1OC2. The Bertz CT molecular complexity index is 1180. The third-order valence-electron chi connectivity index (χ3n) is 4.62. The van der Waals surface area contributed by atoms with Crippen LogP contribution in [0.1, 0.15) is 27.8 Å². The number of hydrogen-bond acceptors (Lipinski definition) is 3. The highest BCUT2D eigenvalue weighted by Crippen LogP contribution is 2.38. The van der Waals surface area contributed by atoms with Gasteiger partial charge in [0.1, 0.15) is 12.4 Å². The van der Waals surface area contributed by atoms with E-state index < -0.39 is 10.0 Å². The van der Waals surface area contributed by atoms with E-state index in [0.717, 1.165) is 39.8 Å². The molecule has 0 bridgehead atoms. The number of benzene rings is 3. The van der Waals surface area contributed by atoms with Gasteiger partial charge in [-0.3, -0.25) is 4.72 Å². The molecule has 0 atom stereocenters. The normalized spacial score (nSPS) is 14.6. The van der Waals surface area contributed by atoms with Crippen LogP contribution in [0.15, 0.2) is 66.7 Å². The Labute approximate surface area is 165 Å². The van der Waals surface area contributed by atoms with Crippen LogP contribution in [-0.2, 0) is 16.6 Å². The maximum atomic E-state index is 11.6. The molecule has 1 N–H and O–H groups in total. The average Bonchev–Trinajstić information content (AvgIpc) is 2.78. The number of nitrogens with one attached hydrogen (secondary N) is 1. The van der Waals surface area contributed by atoms with Gasteiger partial charge < -0.3 is 4.74 Å². The van der Waals surface area contributed by atoms with Crippen LogP contribution < -0.4 is 9.46 Å². The molecule has 4 rings (SSSR count). The number of rotatable bonds is 3. The molecule has 5 heteroatoms. The van der Waals surface area contributed by atoms with Crippen molar-refractivity contribution in [2.45, 2.75) is 13.5 Å². The van der Waals surface area contributed by atoms with Crippen molar-refractivity contribution in [3.05, 3.63) is 94.5 Å². The van der Waals surface area contributed by atoms with E-state index in [2.05, 4.69) is 42.0 Å². The third-order valence-corrected chi connectivity index (χ3v) is 5.22. The molecule has 0 spiro atoms. The lowest BCUT2D eigenvalue weighted by Crippen LogP contribution is -2.09. The molecule has 0 saturated carbocycles. The Hall–Kier alpha value is -3.05. The van der Waals surface area contributed by atoms with Gasteiger partial charge in [-0.15, -0.1) is 0 Å². The van der Waals surface area contributed by atoms with Gasteiger partial charge in [0, 0.05) is 11.3 Å². The fraction of sp³-hybridized carbons (Fsp3) is 0.130. The van der Waals surface area contributed by atoms with Crippen LogP contribution in [0, 0.1) is 6.92 Å². The molecule has 0 amide bonds. The minimum Gasteiger partial charge on any atom is -0.488 e. The van der Waals surface area contributed by atoms with Crippen LogP contribution in [0.5, 0.6) is 5.75 Å². The second-order valence-corrected chi connectivity index (χ2v) is 8.75. The number of ether oxygens (including phenoxy) is 1. The van der Waals surface area contributed by atoms with Gasteiger partial charge in [-0.25, -0.2) is 8.42 Å². The molecule has 1 heterocycles. The molecule has 142 valence electrons. The standard InChI is InChI=1S/C23H21NO3S/c1-16-10-11-18-15-27-23-9-4-3-8-20(23)22(21(18)12-16)14-17-6-5-7-19(13-17)24-28(2,25)26/h3-14,24H,15H2,1-2H3/b22-14+. The Morgan fingerprint density at radius 3 is 2.61 bits per heavy atom. The second-order valence-electron chi connectivity index (χ2n) is 7.00. The summed E-state index contributed by atoms with van der Waals surface area (Å²) >= 11 is 0. The van der Waals surface area contributed by atoms with E-state index in [4.69, 9.17) is 4.74 Å². The predicted molar refractivity (Wildman–Crippen MR) is 114 cm³/mol. The molecule has 1 aliphatic rings. The topological polar surface area (TPSA) is 55.4 Å². The first kappa shape index (κ1) is 18.3. The van der Waals surface area contributed by atoms with Gasteiger partial charge in [-0.05, 0) is 53.5 Å². The molecule has 3 aromatic carbocycles. The fourth-order valence-corrected chi connectivity index (χ4v) is 3.97. The minimum atomic E-state index is -3.33. The van der Waals surface area contributed by atoms with Crippen LogP contribution in [0.2, 0.25) is 0 Å². The van der Waals surface area contributed by atoms with Gasteiger partial charge in [-0.2, -0.15) is 0 Å². The molecule has 0 aliphatic carbocycles. The van der Waals surface area contributed by atoms with Crippen molar-refractivity contribution in [2.75, 3.05) is 11.0 Å². The summed E-state index contributed by atoms with van der Waals surface area (Å²) in [7, 11) is -3.33. The van der Waals surface area contributed by atoms with Crippen molar-refractivity contribution < 1.29 is 13.2 Å². The highest BCUT2D eigenvalue weighted by atomic mass is 32.2. The van der Waals surface area contributed by atoms with E-state index in [0.29, 0.717) is 12.3 Å². The lowest BCUT2D eigenvalue weighted by molar-refractivity contribution is 0.307. The molecule has 0 fully saturated rings. The van der Waals surface area contributed by atoms with Gasteiger partial charge in [0.15, 0.2) is 0 Å². The molecule has 0 unspecified atom stereocenters. The maximum absolute atomic E-state index is 11.6. The van der Waals surface area contributed by atoms with E-state index in [9.17, 15) is 8.42 Å². The zero-order valence-corrected chi connectivity index (χ0v) is 16.6. The van der Waals surface area contributed by atoms with Gasteiger partial charge in [0.05, 0.1) is 6.26 Å². The van der Waals surface area contributed by atoms with Gasteiger partial charge in [0.2, 0.25) is 10.0 Å². The van der Waals surface area contributed by atoms with Crippen molar-refractivity contribution in [3.63, 3.8) is 0 Å². The van der Waals surface area contributed by atoms with E-state index in [1.54, 1.807) is 6.07 Å². The van der Waals surface area contributed by atoms with Crippen molar-refractivity contribution in [3.8, 4) is 5.75 Å². The zero-order chi connectivity index (χ0) is 19.7. The van der Waals surface area contributed by atoms with E-state index in [1.165, 1.54) is 5.56 Å². The first-order valence-corrected chi connectivity index (χ1v) is 10.9. The highest BCUT2D eigenvalue weighted by molar-refractivity contribution is 7.92. The van der Waals surface area contributed by atoms with E-state index in [1.807, 2.05) is 36.4 Å². The second kappa shape index (κ2) is 7.17. The summed E-state index contributed by atoms with van der Waals surface area (Å²) in [6, 6.07) is 21.7. The van der Waals surface area contributed by atoms with Crippen molar-refractivity contribution in [1.29, 1.82) is 0 Å². The molecule has 3 aromatic rings. The number of para-hydroxylation sites is 1. The van der Waals surface area contributed by atoms with Crippen LogP contribution in [-0.4, -0.2) is 14.7 Å². The van der Waals surface area contributed by atoms with Crippen LogP contribution in [0.3, 0.4) is 0 Å². The van der Waals surface area contributed by atoms with Gasteiger partial charge in [0.25, 0.3) is 0 Å². The summed E-state index contributed by atoms with van der Waals surface area (Å²) < 4.78 is 31.7. The third kappa shape index (κ3) is 3.94. The number of anilines is 1. The number of hydrogen-bond donors (Lipinski definition) is 1. The Morgan fingerprint density at radius 1 is 0.964 bits per heavy atom. The Kier molecular flexibility index (Phi) is 4.69. The lowest BCUT2D eigenvalue weighted by atomic mass is 9.91. The Balaban J connectivity index is 1.89. The number of sulfonamides is 1. The zero-order valence-electron chi connectivity index (χ0n) is 15.8. The summed E-state index contributed by atoms with van der Waals surface area (Å²) in [6.45, 7) is 2.59. The first-order chi connectivity index (χ1) is 13.4. The summed E-state index contributed by atoms with van der Waals surface area (Å²) in [5, 5.41) is 0. The summed E-state index contributed by atoms with van der Waals surface area (Å²) in [4.78, 5) is 0.